The van der Waals surface area contributed by atoms with Crippen LogP contribution in [0.1, 0.15) is 18.9 Å². The summed E-state index contributed by atoms with van der Waals surface area (Å²) in [6.07, 6.45) is 0.888. The van der Waals surface area contributed by atoms with E-state index in [0.717, 1.165) is 6.54 Å². The molecule has 1 atom stereocenters. The second-order valence-corrected chi connectivity index (χ2v) is 5.26. The van der Waals surface area contributed by atoms with Gasteiger partial charge in [0.1, 0.15) is 5.82 Å². The third kappa shape index (κ3) is 5.87. The van der Waals surface area contributed by atoms with Gasteiger partial charge in [0, 0.05) is 20.1 Å². The summed E-state index contributed by atoms with van der Waals surface area (Å²) in [5.41, 5.74) is -0.291. The number of hydrogen-bond donors (Lipinski definition) is 2. The van der Waals surface area contributed by atoms with Crippen molar-refractivity contribution >= 4 is 11.6 Å². The highest BCUT2D eigenvalue weighted by Crippen LogP contribution is 2.25. The predicted molar refractivity (Wildman–Crippen MR) is 75.1 cm³/mol. The molecule has 0 aliphatic heterocycles. The molecule has 19 heavy (non-hydrogen) atoms. The van der Waals surface area contributed by atoms with E-state index in [1.165, 1.54) is 6.07 Å². The summed E-state index contributed by atoms with van der Waals surface area (Å²) in [5, 5.41) is 13.5. The minimum absolute atomic E-state index is 0.0927. The van der Waals surface area contributed by atoms with Crippen molar-refractivity contribution in [3.63, 3.8) is 0 Å². The molecule has 0 bridgehead atoms. The Morgan fingerprint density at radius 2 is 2.16 bits per heavy atom. The number of benzene rings is 1. The standard InChI is InChI=1S/C14H21ClFNO2/c1-14(18,6-7-17-8-9-19-2)10-11-4-3-5-12(16)13(11)15/h3-5,17-18H,6-10H2,1-2H3. The highest BCUT2D eigenvalue weighted by atomic mass is 35.5. The second-order valence-electron chi connectivity index (χ2n) is 4.88. The fourth-order valence-corrected chi connectivity index (χ4v) is 2.03. The normalized spacial score (nSPS) is 14.4. The lowest BCUT2D eigenvalue weighted by molar-refractivity contribution is 0.0510. The van der Waals surface area contributed by atoms with Crippen molar-refractivity contribution in [3.05, 3.63) is 34.6 Å². The Balaban J connectivity index is 2.47. The maximum atomic E-state index is 13.3. The summed E-state index contributed by atoms with van der Waals surface area (Å²) in [4.78, 5) is 0. The Morgan fingerprint density at radius 3 is 2.84 bits per heavy atom. The number of nitrogens with one attached hydrogen (secondary N) is 1. The number of rotatable bonds is 8. The molecule has 0 fully saturated rings. The molecule has 0 amide bonds. The van der Waals surface area contributed by atoms with Crippen molar-refractivity contribution in [2.75, 3.05) is 26.8 Å². The van der Waals surface area contributed by atoms with Crippen LogP contribution in [-0.4, -0.2) is 37.5 Å². The average Bonchev–Trinajstić information content (AvgIpc) is 2.34. The Labute approximate surface area is 118 Å². The fraction of sp³-hybridized carbons (Fsp3) is 0.571. The minimum Gasteiger partial charge on any atom is -0.390 e. The molecule has 1 aromatic rings. The number of halogens is 2. The Morgan fingerprint density at radius 1 is 1.42 bits per heavy atom. The van der Waals surface area contributed by atoms with Gasteiger partial charge in [-0.1, -0.05) is 23.7 Å². The molecule has 0 radical (unpaired) electrons. The van der Waals surface area contributed by atoms with Crippen LogP contribution in [0.25, 0.3) is 0 Å². The van der Waals surface area contributed by atoms with E-state index in [1.54, 1.807) is 26.2 Å². The Kier molecular flexibility index (Phi) is 6.72. The lowest BCUT2D eigenvalue weighted by Crippen LogP contribution is -2.33. The molecule has 1 aromatic carbocycles. The largest absolute Gasteiger partial charge is 0.390 e. The van der Waals surface area contributed by atoms with Crippen LogP contribution >= 0.6 is 11.6 Å². The zero-order chi connectivity index (χ0) is 14.3. The fourth-order valence-electron chi connectivity index (χ4n) is 1.84. The van der Waals surface area contributed by atoms with Gasteiger partial charge in [-0.15, -0.1) is 0 Å². The Bertz CT molecular complexity index is 399. The summed E-state index contributed by atoms with van der Waals surface area (Å²) in [6.45, 7) is 3.78. The van der Waals surface area contributed by atoms with Gasteiger partial charge in [0.15, 0.2) is 0 Å². The van der Waals surface area contributed by atoms with Crippen LogP contribution in [-0.2, 0) is 11.2 Å². The van der Waals surface area contributed by atoms with Crippen molar-refractivity contribution in [3.8, 4) is 0 Å². The van der Waals surface area contributed by atoms with Gasteiger partial charge in [0.05, 0.1) is 17.2 Å². The minimum atomic E-state index is -0.919. The molecule has 5 heteroatoms. The number of aliphatic hydroxyl groups is 1. The average molecular weight is 290 g/mol. The molecule has 0 aromatic heterocycles. The molecule has 0 saturated heterocycles. The number of hydrogen-bond acceptors (Lipinski definition) is 3. The molecule has 0 saturated carbocycles. The van der Waals surface area contributed by atoms with Crippen LogP contribution in [0.5, 0.6) is 0 Å². The maximum Gasteiger partial charge on any atom is 0.142 e. The predicted octanol–water partition coefficient (Wildman–Crippen LogP) is 2.40. The monoisotopic (exact) mass is 289 g/mol. The van der Waals surface area contributed by atoms with E-state index in [4.69, 9.17) is 16.3 Å². The van der Waals surface area contributed by atoms with Crippen LogP contribution in [0.3, 0.4) is 0 Å². The van der Waals surface area contributed by atoms with Crippen molar-refractivity contribution in [2.24, 2.45) is 0 Å². The third-order valence-electron chi connectivity index (χ3n) is 2.93. The van der Waals surface area contributed by atoms with E-state index >= 15 is 0 Å². The zero-order valence-electron chi connectivity index (χ0n) is 11.4. The summed E-state index contributed by atoms with van der Waals surface area (Å²) in [5.74, 6) is -0.451. The quantitative estimate of drug-likeness (QED) is 0.722. The topological polar surface area (TPSA) is 41.5 Å². The van der Waals surface area contributed by atoms with Gasteiger partial charge in [0.25, 0.3) is 0 Å². The van der Waals surface area contributed by atoms with Crippen LogP contribution in [0.4, 0.5) is 4.39 Å². The van der Waals surface area contributed by atoms with Crippen LogP contribution in [0.2, 0.25) is 5.02 Å². The maximum absolute atomic E-state index is 13.3. The highest BCUT2D eigenvalue weighted by Gasteiger charge is 2.22. The Hall–Kier alpha value is -0.680. The third-order valence-corrected chi connectivity index (χ3v) is 3.35. The van der Waals surface area contributed by atoms with Crippen molar-refractivity contribution in [1.82, 2.24) is 5.32 Å². The smallest absolute Gasteiger partial charge is 0.142 e. The van der Waals surface area contributed by atoms with Gasteiger partial charge in [-0.3, -0.25) is 0 Å². The SMILES string of the molecule is COCCNCCC(C)(O)Cc1cccc(F)c1Cl. The van der Waals surface area contributed by atoms with Crippen molar-refractivity contribution < 1.29 is 14.2 Å². The first kappa shape index (κ1) is 16.4. The van der Waals surface area contributed by atoms with E-state index in [2.05, 4.69) is 5.32 Å². The van der Waals surface area contributed by atoms with Gasteiger partial charge < -0.3 is 15.2 Å². The molecule has 0 aliphatic rings. The molecule has 3 nitrogen and oxygen atoms in total. The summed E-state index contributed by atoms with van der Waals surface area (Å²) in [6, 6.07) is 4.65. The van der Waals surface area contributed by atoms with Gasteiger partial charge in [-0.2, -0.15) is 0 Å². The first-order valence-electron chi connectivity index (χ1n) is 6.31. The molecular weight excluding hydrogens is 269 g/mol. The van der Waals surface area contributed by atoms with E-state index in [9.17, 15) is 9.50 Å². The van der Waals surface area contributed by atoms with E-state index in [-0.39, 0.29) is 5.02 Å². The summed E-state index contributed by atoms with van der Waals surface area (Å²) >= 11 is 5.88. The van der Waals surface area contributed by atoms with E-state index < -0.39 is 11.4 Å². The van der Waals surface area contributed by atoms with E-state index in [0.29, 0.717) is 31.6 Å². The summed E-state index contributed by atoms with van der Waals surface area (Å²) < 4.78 is 18.2. The molecule has 2 N–H and O–H groups in total. The number of methoxy groups -OCH3 is 1. The molecule has 0 spiro atoms. The van der Waals surface area contributed by atoms with Crippen molar-refractivity contribution in [1.29, 1.82) is 0 Å². The molecule has 1 rings (SSSR count). The van der Waals surface area contributed by atoms with Gasteiger partial charge in [-0.05, 0) is 31.5 Å². The second kappa shape index (κ2) is 7.80. The van der Waals surface area contributed by atoms with Crippen LogP contribution < -0.4 is 5.32 Å². The lowest BCUT2D eigenvalue weighted by Gasteiger charge is -2.24. The number of ether oxygens (including phenoxy) is 1. The van der Waals surface area contributed by atoms with Gasteiger partial charge >= 0.3 is 0 Å². The molecule has 0 aliphatic carbocycles. The molecular formula is C14H21ClFNO2. The molecule has 0 heterocycles. The van der Waals surface area contributed by atoms with Gasteiger partial charge in [0.2, 0.25) is 0 Å². The summed E-state index contributed by atoms with van der Waals surface area (Å²) in [7, 11) is 1.64. The molecule has 1 unspecified atom stereocenters. The highest BCUT2D eigenvalue weighted by molar-refractivity contribution is 6.31. The van der Waals surface area contributed by atoms with Gasteiger partial charge in [-0.25, -0.2) is 4.39 Å². The van der Waals surface area contributed by atoms with E-state index in [1.807, 2.05) is 0 Å². The van der Waals surface area contributed by atoms with Crippen LogP contribution in [0, 0.1) is 5.82 Å². The zero-order valence-corrected chi connectivity index (χ0v) is 12.1. The van der Waals surface area contributed by atoms with Crippen LogP contribution in [0.15, 0.2) is 18.2 Å². The first-order chi connectivity index (χ1) is 8.96. The lowest BCUT2D eigenvalue weighted by atomic mass is 9.93. The first-order valence-corrected chi connectivity index (χ1v) is 6.69. The van der Waals surface area contributed by atoms with Crippen molar-refractivity contribution in [2.45, 2.75) is 25.4 Å². The molecule has 108 valence electrons.